The van der Waals surface area contributed by atoms with E-state index in [1.165, 1.54) is 11.1 Å². The third-order valence-electron chi connectivity index (χ3n) is 3.50. The van der Waals surface area contributed by atoms with Crippen molar-refractivity contribution in [2.45, 2.75) is 26.7 Å². The fraction of sp³-hybridized carbons (Fsp3) is 0.222. The van der Waals surface area contributed by atoms with Gasteiger partial charge in [-0.3, -0.25) is 0 Å². The second-order valence-electron chi connectivity index (χ2n) is 4.76. The molecular formula is C18H23O2P. The van der Waals surface area contributed by atoms with Crippen LogP contribution in [-0.2, 0) is 0 Å². The Morgan fingerprint density at radius 2 is 0.952 bits per heavy atom. The molecule has 0 saturated carbocycles. The molecule has 0 aromatic heterocycles. The zero-order chi connectivity index (χ0) is 14.5. The van der Waals surface area contributed by atoms with E-state index in [-0.39, 0.29) is 21.4 Å². The maximum absolute atomic E-state index is 9.41. The maximum atomic E-state index is 9.41. The van der Waals surface area contributed by atoms with Crippen molar-refractivity contribution >= 4 is 21.0 Å². The highest BCUT2D eigenvalue weighted by molar-refractivity contribution is 6.92. The van der Waals surface area contributed by atoms with Crippen molar-refractivity contribution in [3.05, 3.63) is 59.7 Å². The average Bonchev–Trinajstić information content (AvgIpc) is 2.47. The lowest BCUT2D eigenvalue weighted by Crippen LogP contribution is -1.91. The largest absolute Gasteiger partial charge is 0.508 e. The molecule has 0 bridgehead atoms. The Morgan fingerprint density at radius 1 is 0.667 bits per heavy atom. The van der Waals surface area contributed by atoms with Crippen LogP contribution in [0, 0.1) is 0 Å². The molecule has 3 heteroatoms. The monoisotopic (exact) mass is 302 g/mol. The lowest BCUT2D eigenvalue weighted by Gasteiger charge is -2.14. The predicted molar refractivity (Wildman–Crippen MR) is 94.7 cm³/mol. The lowest BCUT2D eigenvalue weighted by molar-refractivity contribution is 0.474. The lowest BCUT2D eigenvalue weighted by atomic mass is 9.91. The molecule has 2 N–H and O–H groups in total. The number of allylic oxidation sites excluding steroid dienone is 2. The summed E-state index contributed by atoms with van der Waals surface area (Å²) in [7, 11) is 0. The van der Waals surface area contributed by atoms with E-state index in [2.05, 4.69) is 13.8 Å². The molecule has 0 aliphatic heterocycles. The molecule has 0 aliphatic carbocycles. The summed E-state index contributed by atoms with van der Waals surface area (Å²) in [6.45, 7) is 4.27. The second kappa shape index (κ2) is 7.85. The zero-order valence-corrected chi connectivity index (χ0v) is 14.0. The second-order valence-corrected chi connectivity index (χ2v) is 4.76. The molecule has 0 radical (unpaired) electrons. The van der Waals surface area contributed by atoms with Crippen molar-refractivity contribution < 1.29 is 10.2 Å². The number of aromatic hydroxyl groups is 2. The van der Waals surface area contributed by atoms with Crippen LogP contribution in [0.3, 0.4) is 0 Å². The molecule has 2 rings (SSSR count). The fourth-order valence-electron chi connectivity index (χ4n) is 2.51. The molecule has 0 spiro atoms. The van der Waals surface area contributed by atoms with Crippen molar-refractivity contribution in [1.29, 1.82) is 0 Å². The Labute approximate surface area is 129 Å². The highest BCUT2D eigenvalue weighted by Crippen LogP contribution is 2.32. The van der Waals surface area contributed by atoms with Gasteiger partial charge in [-0.15, -0.1) is 0 Å². The van der Waals surface area contributed by atoms with Gasteiger partial charge in [0.05, 0.1) is 0 Å². The Hall–Kier alpha value is -1.79. The molecule has 1 unspecified atom stereocenters. The first kappa shape index (κ1) is 17.3. The SMILES string of the molecule is CC/C(=C(/CC)c1ccc(O)cc1)c1ccc(O)cc1.P. The summed E-state index contributed by atoms with van der Waals surface area (Å²) in [5.74, 6) is 0.568. The van der Waals surface area contributed by atoms with Crippen LogP contribution < -0.4 is 0 Å². The van der Waals surface area contributed by atoms with Crippen LogP contribution >= 0.6 is 9.90 Å². The maximum Gasteiger partial charge on any atom is 0.115 e. The Morgan fingerprint density at radius 3 is 1.19 bits per heavy atom. The summed E-state index contributed by atoms with van der Waals surface area (Å²) < 4.78 is 0. The van der Waals surface area contributed by atoms with Gasteiger partial charge in [0.15, 0.2) is 0 Å². The summed E-state index contributed by atoms with van der Waals surface area (Å²) in [6.07, 6.45) is 1.85. The third-order valence-corrected chi connectivity index (χ3v) is 3.50. The standard InChI is InChI=1S/C18H20O2.H3P/c1-3-17(13-5-9-15(19)10-6-13)18(4-2)14-7-11-16(20)12-8-14;/h5-12,19-20H,3-4H2,1-2H3;1H3/b18-17+;. The zero-order valence-electron chi connectivity index (χ0n) is 12.6. The van der Waals surface area contributed by atoms with Crippen LogP contribution in [0.2, 0.25) is 0 Å². The van der Waals surface area contributed by atoms with Crippen LogP contribution in [0.4, 0.5) is 0 Å². The van der Waals surface area contributed by atoms with Crippen molar-refractivity contribution in [3.8, 4) is 11.5 Å². The van der Waals surface area contributed by atoms with Crippen LogP contribution in [-0.4, -0.2) is 10.2 Å². The average molecular weight is 302 g/mol. The normalized spacial score (nSPS) is 11.5. The van der Waals surface area contributed by atoms with Gasteiger partial charge >= 0.3 is 0 Å². The van der Waals surface area contributed by atoms with Gasteiger partial charge in [-0.25, -0.2) is 0 Å². The van der Waals surface area contributed by atoms with Gasteiger partial charge in [-0.05, 0) is 59.4 Å². The molecule has 0 aliphatic rings. The highest BCUT2D eigenvalue weighted by atomic mass is 31.0. The molecule has 1 atom stereocenters. The van der Waals surface area contributed by atoms with Gasteiger partial charge in [0, 0.05) is 0 Å². The molecule has 21 heavy (non-hydrogen) atoms. The van der Waals surface area contributed by atoms with Crippen molar-refractivity contribution in [3.63, 3.8) is 0 Å². The first-order chi connectivity index (χ1) is 9.65. The Bertz CT molecular complexity index is 543. The quantitative estimate of drug-likeness (QED) is 0.624. The number of phenols is 2. The molecule has 2 nitrogen and oxygen atoms in total. The van der Waals surface area contributed by atoms with Crippen molar-refractivity contribution in [2.75, 3.05) is 0 Å². The molecule has 0 saturated heterocycles. The predicted octanol–water partition coefficient (Wildman–Crippen LogP) is 4.89. The van der Waals surface area contributed by atoms with E-state index in [9.17, 15) is 10.2 Å². The van der Waals surface area contributed by atoms with Gasteiger partial charge in [0.2, 0.25) is 0 Å². The number of rotatable bonds is 4. The summed E-state index contributed by atoms with van der Waals surface area (Å²) in [6, 6.07) is 14.7. The number of benzene rings is 2. The Balaban J connectivity index is 0.00000220. The summed E-state index contributed by atoms with van der Waals surface area (Å²) in [5.41, 5.74) is 4.82. The van der Waals surface area contributed by atoms with E-state index in [1.807, 2.05) is 24.3 Å². The van der Waals surface area contributed by atoms with E-state index in [0.29, 0.717) is 0 Å². The number of hydrogen-bond donors (Lipinski definition) is 2. The van der Waals surface area contributed by atoms with E-state index in [4.69, 9.17) is 0 Å². The Kier molecular flexibility index (Phi) is 6.45. The number of phenolic OH excluding ortho intramolecular Hbond substituents is 2. The van der Waals surface area contributed by atoms with E-state index >= 15 is 0 Å². The molecule has 2 aromatic rings. The highest BCUT2D eigenvalue weighted by Gasteiger charge is 2.09. The molecule has 0 fully saturated rings. The van der Waals surface area contributed by atoms with Crippen LogP contribution in [0.15, 0.2) is 48.5 Å². The first-order valence-electron chi connectivity index (χ1n) is 6.96. The van der Waals surface area contributed by atoms with E-state index in [1.54, 1.807) is 24.3 Å². The van der Waals surface area contributed by atoms with Gasteiger partial charge < -0.3 is 10.2 Å². The van der Waals surface area contributed by atoms with E-state index in [0.717, 1.165) is 24.0 Å². The topological polar surface area (TPSA) is 40.5 Å². The van der Waals surface area contributed by atoms with Crippen molar-refractivity contribution in [2.24, 2.45) is 0 Å². The molecule has 0 heterocycles. The number of hydrogen-bond acceptors (Lipinski definition) is 2. The minimum atomic E-state index is 0. The van der Waals surface area contributed by atoms with Crippen LogP contribution in [0.5, 0.6) is 11.5 Å². The molecule has 0 amide bonds. The smallest absolute Gasteiger partial charge is 0.115 e. The van der Waals surface area contributed by atoms with Gasteiger partial charge in [-0.2, -0.15) is 9.90 Å². The van der Waals surface area contributed by atoms with Gasteiger partial charge in [-0.1, -0.05) is 38.1 Å². The van der Waals surface area contributed by atoms with E-state index < -0.39 is 0 Å². The van der Waals surface area contributed by atoms with Gasteiger partial charge in [0.25, 0.3) is 0 Å². The summed E-state index contributed by atoms with van der Waals surface area (Å²) in [4.78, 5) is 0. The molecule has 112 valence electrons. The fourth-order valence-corrected chi connectivity index (χ4v) is 2.51. The minimum absolute atomic E-state index is 0. The molecule has 2 aromatic carbocycles. The molecular weight excluding hydrogens is 279 g/mol. The first-order valence-corrected chi connectivity index (χ1v) is 6.96. The van der Waals surface area contributed by atoms with Crippen molar-refractivity contribution in [1.82, 2.24) is 0 Å². The third kappa shape index (κ3) is 4.09. The summed E-state index contributed by atoms with van der Waals surface area (Å²) >= 11 is 0. The van der Waals surface area contributed by atoms with Crippen LogP contribution in [0.1, 0.15) is 37.8 Å². The minimum Gasteiger partial charge on any atom is -0.508 e. The van der Waals surface area contributed by atoms with Gasteiger partial charge in [0.1, 0.15) is 11.5 Å². The van der Waals surface area contributed by atoms with Crippen LogP contribution in [0.25, 0.3) is 11.1 Å². The summed E-state index contributed by atoms with van der Waals surface area (Å²) in [5, 5.41) is 18.8.